The van der Waals surface area contributed by atoms with Gasteiger partial charge in [-0.25, -0.2) is 9.97 Å². The predicted molar refractivity (Wildman–Crippen MR) is 62.4 cm³/mol. The van der Waals surface area contributed by atoms with Crippen molar-refractivity contribution in [3.63, 3.8) is 0 Å². The number of aromatic nitrogens is 2. The van der Waals surface area contributed by atoms with Crippen LogP contribution in [0.1, 0.15) is 12.7 Å². The third-order valence-corrected chi connectivity index (χ3v) is 2.90. The maximum absolute atomic E-state index is 5.73. The van der Waals surface area contributed by atoms with Crippen LogP contribution in [0, 0.1) is 6.92 Å². The molecular formula is C11H18N4O. The van der Waals surface area contributed by atoms with E-state index in [1.54, 1.807) is 0 Å². The fraction of sp³-hybridized carbons (Fsp3) is 0.636. The summed E-state index contributed by atoms with van der Waals surface area (Å²) in [6.45, 7) is 6.13. The van der Waals surface area contributed by atoms with E-state index in [0.29, 0.717) is 12.6 Å². The Balaban J connectivity index is 2.20. The summed E-state index contributed by atoms with van der Waals surface area (Å²) in [5, 5.41) is 0. The van der Waals surface area contributed by atoms with Crippen molar-refractivity contribution in [3.8, 4) is 0 Å². The number of aryl methyl sites for hydroxylation is 1. The quantitative estimate of drug-likeness (QED) is 0.795. The van der Waals surface area contributed by atoms with Gasteiger partial charge in [0.25, 0.3) is 0 Å². The molecule has 1 aromatic heterocycles. The minimum Gasteiger partial charge on any atom is -0.377 e. The minimum atomic E-state index is 0.278. The first-order chi connectivity index (χ1) is 7.72. The standard InChI is InChI=1S/C11H18N4O/c1-8(3-12)15(11-6-16-7-11)10-4-13-9(2)14-5-10/h4-5,8,11H,3,6-7,12H2,1-2H3. The Morgan fingerprint density at radius 1 is 1.50 bits per heavy atom. The summed E-state index contributed by atoms with van der Waals surface area (Å²) in [4.78, 5) is 10.7. The second kappa shape index (κ2) is 4.76. The molecule has 0 aromatic carbocycles. The lowest BCUT2D eigenvalue weighted by atomic mass is 10.1. The Hall–Kier alpha value is -1.20. The number of nitrogens with two attached hydrogens (primary N) is 1. The Morgan fingerprint density at radius 3 is 2.56 bits per heavy atom. The highest BCUT2D eigenvalue weighted by molar-refractivity contribution is 5.45. The van der Waals surface area contributed by atoms with Crippen LogP contribution in [0.4, 0.5) is 5.69 Å². The zero-order chi connectivity index (χ0) is 11.5. The van der Waals surface area contributed by atoms with Crippen LogP contribution in [-0.4, -0.2) is 41.8 Å². The SMILES string of the molecule is Cc1ncc(N(C(C)CN)C2COC2)cn1. The first-order valence-electron chi connectivity index (χ1n) is 5.57. The van der Waals surface area contributed by atoms with Gasteiger partial charge in [-0.15, -0.1) is 0 Å². The molecule has 1 aliphatic heterocycles. The highest BCUT2D eigenvalue weighted by Crippen LogP contribution is 2.22. The summed E-state index contributed by atoms with van der Waals surface area (Å²) in [5.41, 5.74) is 6.76. The Labute approximate surface area is 95.6 Å². The zero-order valence-electron chi connectivity index (χ0n) is 9.76. The van der Waals surface area contributed by atoms with Crippen molar-refractivity contribution in [1.29, 1.82) is 0 Å². The topological polar surface area (TPSA) is 64.3 Å². The fourth-order valence-electron chi connectivity index (χ4n) is 1.84. The van der Waals surface area contributed by atoms with E-state index in [4.69, 9.17) is 10.5 Å². The van der Waals surface area contributed by atoms with E-state index in [2.05, 4.69) is 21.8 Å². The minimum absolute atomic E-state index is 0.278. The molecule has 0 radical (unpaired) electrons. The Bertz CT molecular complexity index is 332. The summed E-state index contributed by atoms with van der Waals surface area (Å²) < 4.78 is 5.23. The van der Waals surface area contributed by atoms with Gasteiger partial charge < -0.3 is 15.4 Å². The van der Waals surface area contributed by atoms with E-state index in [0.717, 1.165) is 24.7 Å². The lowest BCUT2D eigenvalue weighted by Crippen LogP contribution is -2.54. The van der Waals surface area contributed by atoms with Crippen molar-refractivity contribution in [3.05, 3.63) is 18.2 Å². The Morgan fingerprint density at radius 2 is 2.12 bits per heavy atom. The number of rotatable bonds is 4. The van der Waals surface area contributed by atoms with Crippen LogP contribution in [0.2, 0.25) is 0 Å². The van der Waals surface area contributed by atoms with Gasteiger partial charge in [-0.3, -0.25) is 0 Å². The van der Waals surface area contributed by atoms with Crippen LogP contribution in [0.15, 0.2) is 12.4 Å². The molecule has 0 aliphatic carbocycles. The molecule has 2 rings (SSSR count). The van der Waals surface area contributed by atoms with E-state index < -0.39 is 0 Å². The van der Waals surface area contributed by atoms with Crippen molar-refractivity contribution in [2.45, 2.75) is 25.9 Å². The highest BCUT2D eigenvalue weighted by Gasteiger charge is 2.29. The lowest BCUT2D eigenvalue weighted by Gasteiger charge is -2.42. The van der Waals surface area contributed by atoms with Crippen LogP contribution in [0.25, 0.3) is 0 Å². The van der Waals surface area contributed by atoms with Gasteiger partial charge in [0, 0.05) is 12.6 Å². The molecule has 1 aromatic rings. The molecule has 5 heteroatoms. The number of ether oxygens (including phenoxy) is 1. The monoisotopic (exact) mass is 222 g/mol. The van der Waals surface area contributed by atoms with Crippen molar-refractivity contribution < 1.29 is 4.74 Å². The normalized spacial score (nSPS) is 17.9. The van der Waals surface area contributed by atoms with Crippen LogP contribution in [0.3, 0.4) is 0 Å². The maximum Gasteiger partial charge on any atom is 0.125 e. The molecule has 1 aliphatic rings. The number of nitrogens with zero attached hydrogens (tertiary/aromatic N) is 3. The van der Waals surface area contributed by atoms with Gasteiger partial charge in [0.05, 0.1) is 37.3 Å². The van der Waals surface area contributed by atoms with Gasteiger partial charge in [-0.1, -0.05) is 0 Å². The van der Waals surface area contributed by atoms with E-state index in [9.17, 15) is 0 Å². The number of hydrogen-bond donors (Lipinski definition) is 1. The van der Waals surface area contributed by atoms with Gasteiger partial charge in [0.2, 0.25) is 0 Å². The van der Waals surface area contributed by atoms with Crippen LogP contribution >= 0.6 is 0 Å². The van der Waals surface area contributed by atoms with Gasteiger partial charge in [0.15, 0.2) is 0 Å². The second-order valence-electron chi connectivity index (χ2n) is 4.17. The summed E-state index contributed by atoms with van der Waals surface area (Å²) in [5.74, 6) is 0.786. The van der Waals surface area contributed by atoms with Gasteiger partial charge in [0.1, 0.15) is 5.82 Å². The highest BCUT2D eigenvalue weighted by atomic mass is 16.5. The van der Waals surface area contributed by atoms with Gasteiger partial charge in [-0.05, 0) is 13.8 Å². The first kappa shape index (κ1) is 11.3. The molecule has 0 bridgehead atoms. The average molecular weight is 222 g/mol. The van der Waals surface area contributed by atoms with E-state index in [-0.39, 0.29) is 6.04 Å². The summed E-state index contributed by atoms with van der Waals surface area (Å²) >= 11 is 0. The lowest BCUT2D eigenvalue weighted by molar-refractivity contribution is 0.00546. The molecule has 88 valence electrons. The third-order valence-electron chi connectivity index (χ3n) is 2.90. The van der Waals surface area contributed by atoms with Gasteiger partial charge in [-0.2, -0.15) is 0 Å². The van der Waals surface area contributed by atoms with E-state index in [1.165, 1.54) is 0 Å². The third kappa shape index (κ3) is 2.15. The molecule has 1 unspecified atom stereocenters. The molecule has 0 amide bonds. The van der Waals surface area contributed by atoms with Crippen LogP contribution in [-0.2, 0) is 4.74 Å². The fourth-order valence-corrected chi connectivity index (χ4v) is 1.84. The molecule has 0 saturated carbocycles. The molecule has 0 spiro atoms. The van der Waals surface area contributed by atoms with Crippen molar-refractivity contribution in [2.24, 2.45) is 5.73 Å². The largest absolute Gasteiger partial charge is 0.377 e. The molecule has 2 N–H and O–H groups in total. The molecule has 1 saturated heterocycles. The molecule has 2 heterocycles. The summed E-state index contributed by atoms with van der Waals surface area (Å²) in [6.07, 6.45) is 3.71. The molecule has 16 heavy (non-hydrogen) atoms. The number of hydrogen-bond acceptors (Lipinski definition) is 5. The predicted octanol–water partition coefficient (Wildman–Crippen LogP) is 0.337. The number of anilines is 1. The average Bonchev–Trinajstić information content (AvgIpc) is 2.24. The first-order valence-corrected chi connectivity index (χ1v) is 5.57. The maximum atomic E-state index is 5.73. The van der Waals surface area contributed by atoms with Gasteiger partial charge >= 0.3 is 0 Å². The van der Waals surface area contributed by atoms with Crippen molar-refractivity contribution >= 4 is 5.69 Å². The van der Waals surface area contributed by atoms with E-state index in [1.807, 2.05) is 19.3 Å². The molecule has 1 fully saturated rings. The molecule has 5 nitrogen and oxygen atoms in total. The molecular weight excluding hydrogens is 204 g/mol. The summed E-state index contributed by atoms with van der Waals surface area (Å²) in [6, 6.07) is 0.685. The van der Waals surface area contributed by atoms with E-state index >= 15 is 0 Å². The van der Waals surface area contributed by atoms with Crippen LogP contribution in [0.5, 0.6) is 0 Å². The molecule has 1 atom stereocenters. The van der Waals surface area contributed by atoms with Crippen molar-refractivity contribution in [2.75, 3.05) is 24.7 Å². The Kier molecular flexibility index (Phi) is 3.36. The zero-order valence-corrected chi connectivity index (χ0v) is 9.76. The second-order valence-corrected chi connectivity index (χ2v) is 4.17. The van der Waals surface area contributed by atoms with Crippen LogP contribution < -0.4 is 10.6 Å². The van der Waals surface area contributed by atoms with Crippen molar-refractivity contribution in [1.82, 2.24) is 9.97 Å². The smallest absolute Gasteiger partial charge is 0.125 e. The summed E-state index contributed by atoms with van der Waals surface area (Å²) in [7, 11) is 0.